The smallest absolute Gasteiger partial charge is 0.414 e. The zero-order valence-corrected chi connectivity index (χ0v) is 9.37. The summed E-state index contributed by atoms with van der Waals surface area (Å²) in [7, 11) is 0. The number of imide groups is 1. The van der Waals surface area contributed by atoms with Crippen LogP contribution in [0.15, 0.2) is 12.7 Å². The molecule has 0 aromatic rings. The lowest BCUT2D eigenvalue weighted by atomic mass is 10.2. The zero-order valence-electron chi connectivity index (χ0n) is 9.37. The summed E-state index contributed by atoms with van der Waals surface area (Å²) in [6, 6.07) is -0.769. The molecule has 0 rings (SSSR count). The average molecular weight is 214 g/mol. The van der Waals surface area contributed by atoms with Gasteiger partial charge in [0.15, 0.2) is 0 Å². The fraction of sp³-hybridized carbons (Fsp3) is 0.600. The van der Waals surface area contributed by atoms with E-state index in [2.05, 4.69) is 6.58 Å². The molecule has 0 aromatic carbocycles. The third-order valence-electron chi connectivity index (χ3n) is 1.38. The van der Waals surface area contributed by atoms with Crippen LogP contribution in [0, 0.1) is 0 Å². The van der Waals surface area contributed by atoms with Crippen LogP contribution >= 0.6 is 0 Å². The molecule has 0 fully saturated rings. The molecular weight excluding hydrogens is 196 g/mol. The van der Waals surface area contributed by atoms with E-state index in [1.165, 1.54) is 6.08 Å². The number of hydrogen-bond acceptors (Lipinski definition) is 4. The summed E-state index contributed by atoms with van der Waals surface area (Å²) in [4.78, 5) is 22.4. The van der Waals surface area contributed by atoms with Gasteiger partial charge in [-0.1, -0.05) is 6.08 Å². The first-order valence-electron chi connectivity index (χ1n) is 4.66. The Bertz CT molecular complexity index is 256. The normalized spacial score (nSPS) is 12.8. The van der Waals surface area contributed by atoms with Gasteiger partial charge in [0.05, 0.1) is 6.04 Å². The molecular formula is C10H18N2O3. The Morgan fingerprint density at radius 1 is 1.53 bits per heavy atom. The van der Waals surface area contributed by atoms with E-state index >= 15 is 0 Å². The van der Waals surface area contributed by atoms with E-state index in [9.17, 15) is 9.59 Å². The first-order valence-corrected chi connectivity index (χ1v) is 4.66. The SMILES string of the molecule is C=CCC(N)C(=O)NC(=O)OC(C)(C)C. The summed E-state index contributed by atoms with van der Waals surface area (Å²) in [6.45, 7) is 8.57. The van der Waals surface area contributed by atoms with Gasteiger partial charge in [0, 0.05) is 0 Å². The summed E-state index contributed by atoms with van der Waals surface area (Å²) in [5.74, 6) is -0.566. The number of amides is 2. The molecule has 1 atom stereocenters. The number of carbonyl (C=O) groups excluding carboxylic acids is 2. The Morgan fingerprint density at radius 2 is 2.07 bits per heavy atom. The maximum Gasteiger partial charge on any atom is 0.414 e. The summed E-state index contributed by atoms with van der Waals surface area (Å²) >= 11 is 0. The van der Waals surface area contributed by atoms with Crippen molar-refractivity contribution in [3.8, 4) is 0 Å². The number of alkyl carbamates (subject to hydrolysis) is 1. The number of carbonyl (C=O) groups is 2. The molecule has 0 radical (unpaired) electrons. The van der Waals surface area contributed by atoms with E-state index in [1.54, 1.807) is 20.8 Å². The average Bonchev–Trinajstić information content (AvgIpc) is 2.00. The minimum Gasteiger partial charge on any atom is -0.444 e. The number of hydrogen-bond donors (Lipinski definition) is 2. The number of nitrogens with two attached hydrogens (primary N) is 1. The summed E-state index contributed by atoms with van der Waals surface area (Å²) in [5, 5.41) is 2.05. The van der Waals surface area contributed by atoms with Gasteiger partial charge in [0.25, 0.3) is 0 Å². The van der Waals surface area contributed by atoms with Crippen molar-refractivity contribution in [2.24, 2.45) is 5.73 Å². The zero-order chi connectivity index (χ0) is 12.1. The largest absolute Gasteiger partial charge is 0.444 e. The van der Waals surface area contributed by atoms with Gasteiger partial charge in [-0.3, -0.25) is 10.1 Å². The van der Waals surface area contributed by atoms with Gasteiger partial charge in [0.1, 0.15) is 5.60 Å². The van der Waals surface area contributed by atoms with Crippen molar-refractivity contribution in [1.29, 1.82) is 0 Å². The van der Waals surface area contributed by atoms with Crippen molar-refractivity contribution in [1.82, 2.24) is 5.32 Å². The lowest BCUT2D eigenvalue weighted by Crippen LogP contribution is -2.45. The van der Waals surface area contributed by atoms with Crippen molar-refractivity contribution in [3.63, 3.8) is 0 Å². The highest BCUT2D eigenvalue weighted by molar-refractivity contribution is 5.94. The molecule has 2 amide bonds. The van der Waals surface area contributed by atoms with Crippen molar-refractivity contribution in [2.45, 2.75) is 38.8 Å². The van der Waals surface area contributed by atoms with Crippen LogP contribution in [0.5, 0.6) is 0 Å². The van der Waals surface area contributed by atoms with E-state index in [-0.39, 0.29) is 0 Å². The maximum atomic E-state index is 11.2. The third kappa shape index (κ3) is 6.68. The van der Waals surface area contributed by atoms with Gasteiger partial charge in [-0.25, -0.2) is 4.79 Å². The minimum absolute atomic E-state index is 0.314. The van der Waals surface area contributed by atoms with Crippen LogP contribution in [0.3, 0.4) is 0 Å². The van der Waals surface area contributed by atoms with E-state index in [1.807, 2.05) is 5.32 Å². The van der Waals surface area contributed by atoms with Crippen LogP contribution in [-0.2, 0) is 9.53 Å². The summed E-state index contributed by atoms with van der Waals surface area (Å²) in [6.07, 6.45) is 1.04. The molecule has 0 saturated heterocycles. The fourth-order valence-electron chi connectivity index (χ4n) is 0.783. The molecule has 1 unspecified atom stereocenters. The molecule has 0 aromatic heterocycles. The van der Waals surface area contributed by atoms with E-state index in [0.717, 1.165) is 0 Å². The fourth-order valence-corrected chi connectivity index (χ4v) is 0.783. The lowest BCUT2D eigenvalue weighted by Gasteiger charge is -2.19. The van der Waals surface area contributed by atoms with E-state index < -0.39 is 23.6 Å². The molecule has 0 bridgehead atoms. The van der Waals surface area contributed by atoms with Gasteiger partial charge in [-0.15, -0.1) is 6.58 Å². The highest BCUT2D eigenvalue weighted by Crippen LogP contribution is 2.06. The van der Waals surface area contributed by atoms with Gasteiger partial charge in [0.2, 0.25) is 5.91 Å². The molecule has 0 aliphatic heterocycles. The predicted octanol–water partition coefficient (Wildman–Crippen LogP) is 0.941. The van der Waals surface area contributed by atoms with Crippen LogP contribution < -0.4 is 11.1 Å². The number of nitrogens with one attached hydrogen (secondary N) is 1. The van der Waals surface area contributed by atoms with Crippen molar-refractivity contribution < 1.29 is 14.3 Å². The van der Waals surface area contributed by atoms with Crippen molar-refractivity contribution in [2.75, 3.05) is 0 Å². The van der Waals surface area contributed by atoms with Crippen LogP contribution in [-0.4, -0.2) is 23.6 Å². The molecule has 0 heterocycles. The van der Waals surface area contributed by atoms with Crippen molar-refractivity contribution in [3.05, 3.63) is 12.7 Å². The highest BCUT2D eigenvalue weighted by atomic mass is 16.6. The van der Waals surface area contributed by atoms with Crippen LogP contribution in [0.1, 0.15) is 27.2 Å². The van der Waals surface area contributed by atoms with E-state index in [4.69, 9.17) is 10.5 Å². The van der Waals surface area contributed by atoms with Crippen molar-refractivity contribution >= 4 is 12.0 Å². The monoisotopic (exact) mass is 214 g/mol. The third-order valence-corrected chi connectivity index (χ3v) is 1.38. The van der Waals surface area contributed by atoms with E-state index in [0.29, 0.717) is 6.42 Å². The first-order chi connectivity index (χ1) is 6.76. The minimum atomic E-state index is -0.785. The standard InChI is InChI=1S/C10H18N2O3/c1-5-6-7(11)8(13)12-9(14)15-10(2,3)4/h5,7H,1,6,11H2,2-4H3,(H,12,13,14). The molecule has 5 nitrogen and oxygen atoms in total. The summed E-state index contributed by atoms with van der Waals surface area (Å²) < 4.78 is 4.88. The van der Waals surface area contributed by atoms with Gasteiger partial charge in [-0.05, 0) is 27.2 Å². The molecule has 15 heavy (non-hydrogen) atoms. The second-order valence-corrected chi connectivity index (χ2v) is 4.12. The van der Waals surface area contributed by atoms with Crippen LogP contribution in [0.2, 0.25) is 0 Å². The lowest BCUT2D eigenvalue weighted by molar-refractivity contribution is -0.121. The number of rotatable bonds is 3. The van der Waals surface area contributed by atoms with Gasteiger partial charge < -0.3 is 10.5 Å². The van der Waals surface area contributed by atoms with Gasteiger partial charge in [-0.2, -0.15) is 0 Å². The topological polar surface area (TPSA) is 81.4 Å². The Kier molecular flexibility index (Phi) is 5.00. The Labute approximate surface area is 89.7 Å². The Balaban J connectivity index is 4.07. The van der Waals surface area contributed by atoms with Crippen LogP contribution in [0.25, 0.3) is 0 Å². The molecule has 0 spiro atoms. The maximum absolute atomic E-state index is 11.2. The molecule has 86 valence electrons. The summed E-state index contributed by atoms with van der Waals surface area (Å²) in [5.41, 5.74) is 4.82. The molecule has 0 saturated carbocycles. The highest BCUT2D eigenvalue weighted by Gasteiger charge is 2.20. The molecule has 3 N–H and O–H groups in total. The molecule has 5 heteroatoms. The molecule has 0 aliphatic carbocycles. The Morgan fingerprint density at radius 3 is 2.47 bits per heavy atom. The van der Waals surface area contributed by atoms with Gasteiger partial charge >= 0.3 is 6.09 Å². The van der Waals surface area contributed by atoms with Crippen LogP contribution in [0.4, 0.5) is 4.79 Å². The second kappa shape index (κ2) is 5.50. The predicted molar refractivity (Wildman–Crippen MR) is 57.2 cm³/mol. The Hall–Kier alpha value is -1.36. The quantitative estimate of drug-likeness (QED) is 0.685. The second-order valence-electron chi connectivity index (χ2n) is 4.12. The number of ether oxygens (including phenoxy) is 1. The first kappa shape index (κ1) is 13.6. The molecule has 0 aliphatic rings.